The van der Waals surface area contributed by atoms with Gasteiger partial charge in [0.2, 0.25) is 0 Å². The fraction of sp³-hybridized carbons (Fsp3) is 0.438. The molecule has 0 heterocycles. The number of phenols is 1. The molecule has 0 bridgehead atoms. The van der Waals surface area contributed by atoms with Crippen molar-refractivity contribution in [1.82, 2.24) is 10.2 Å². The average molecular weight is 354 g/mol. The molecule has 0 spiro atoms. The number of aryl methyl sites for hydroxylation is 1. The van der Waals surface area contributed by atoms with E-state index < -0.39 is 17.9 Å². The summed E-state index contributed by atoms with van der Waals surface area (Å²) < 4.78 is 0. The Labute approximate surface area is 144 Å². The Morgan fingerprint density at radius 3 is 2.36 bits per heavy atom. The fourth-order valence-electron chi connectivity index (χ4n) is 2.25. The minimum absolute atomic E-state index is 0.00652. The molecule has 0 saturated carbocycles. The summed E-state index contributed by atoms with van der Waals surface area (Å²) in [5.41, 5.74) is 1.22. The predicted molar refractivity (Wildman–Crippen MR) is 87.5 cm³/mol. The standard InChI is InChI=1S/C16H22N2O7/c19-13-3-1-11(2-4-14(20)21)7-12(13)9-18(10-16(24)25)6-5-17-8-15(22)23/h1,3,7,17,19H,2,4-6,8-10H2,(H,20,21)(H,22,23)(H,24,25). The van der Waals surface area contributed by atoms with E-state index >= 15 is 0 Å². The SMILES string of the molecule is O=C(O)CCc1ccc(O)c(CN(CCNCC(=O)O)CC(=O)O)c1. The predicted octanol–water partition coefficient (Wildman–Crippen LogP) is -0.0298. The van der Waals surface area contributed by atoms with Gasteiger partial charge >= 0.3 is 17.9 Å². The van der Waals surface area contributed by atoms with Crippen molar-refractivity contribution in [2.24, 2.45) is 0 Å². The van der Waals surface area contributed by atoms with Crippen molar-refractivity contribution in [3.8, 4) is 5.75 Å². The van der Waals surface area contributed by atoms with Gasteiger partial charge in [-0.1, -0.05) is 12.1 Å². The number of carbonyl (C=O) groups is 3. The first-order valence-electron chi connectivity index (χ1n) is 7.67. The Morgan fingerprint density at radius 1 is 1.04 bits per heavy atom. The average Bonchev–Trinajstić information content (AvgIpc) is 2.51. The van der Waals surface area contributed by atoms with Crippen LogP contribution in [0.4, 0.5) is 0 Å². The van der Waals surface area contributed by atoms with Crippen LogP contribution in [-0.4, -0.2) is 69.4 Å². The molecule has 0 aliphatic rings. The maximum absolute atomic E-state index is 11.0. The summed E-state index contributed by atoms with van der Waals surface area (Å²) in [6.07, 6.45) is 0.268. The number of aromatic hydroxyl groups is 1. The van der Waals surface area contributed by atoms with Crippen molar-refractivity contribution < 1.29 is 34.8 Å². The number of hydrogen-bond acceptors (Lipinski definition) is 6. The quantitative estimate of drug-likeness (QED) is 0.326. The summed E-state index contributed by atoms with van der Waals surface area (Å²) >= 11 is 0. The van der Waals surface area contributed by atoms with Crippen LogP contribution in [-0.2, 0) is 27.3 Å². The molecule has 25 heavy (non-hydrogen) atoms. The van der Waals surface area contributed by atoms with Crippen molar-refractivity contribution in [2.75, 3.05) is 26.2 Å². The summed E-state index contributed by atoms with van der Waals surface area (Å²) in [6, 6.07) is 4.73. The van der Waals surface area contributed by atoms with Crippen LogP contribution in [0.1, 0.15) is 17.5 Å². The highest BCUT2D eigenvalue weighted by atomic mass is 16.4. The molecule has 0 amide bonds. The number of hydrogen-bond donors (Lipinski definition) is 5. The van der Waals surface area contributed by atoms with Crippen LogP contribution >= 0.6 is 0 Å². The molecule has 0 aliphatic carbocycles. The first-order chi connectivity index (χ1) is 11.8. The van der Waals surface area contributed by atoms with Crippen molar-refractivity contribution in [3.05, 3.63) is 29.3 Å². The van der Waals surface area contributed by atoms with Crippen molar-refractivity contribution in [2.45, 2.75) is 19.4 Å². The Morgan fingerprint density at radius 2 is 1.76 bits per heavy atom. The smallest absolute Gasteiger partial charge is 0.317 e. The van der Waals surface area contributed by atoms with E-state index in [1.165, 1.54) is 6.07 Å². The molecular weight excluding hydrogens is 332 g/mol. The largest absolute Gasteiger partial charge is 0.508 e. The van der Waals surface area contributed by atoms with Crippen LogP contribution in [0.2, 0.25) is 0 Å². The van der Waals surface area contributed by atoms with E-state index in [1.54, 1.807) is 17.0 Å². The molecule has 1 aromatic rings. The van der Waals surface area contributed by atoms with E-state index in [1.807, 2.05) is 0 Å². The van der Waals surface area contributed by atoms with Gasteiger partial charge in [0.1, 0.15) is 5.75 Å². The van der Waals surface area contributed by atoms with Crippen LogP contribution in [0.25, 0.3) is 0 Å². The third kappa shape index (κ3) is 8.68. The molecule has 9 nitrogen and oxygen atoms in total. The van der Waals surface area contributed by atoms with Gasteiger partial charge in [0.05, 0.1) is 13.1 Å². The Bertz CT molecular complexity index is 619. The number of benzene rings is 1. The van der Waals surface area contributed by atoms with Crippen molar-refractivity contribution >= 4 is 17.9 Å². The molecule has 1 aromatic carbocycles. The normalized spacial score (nSPS) is 10.8. The van der Waals surface area contributed by atoms with E-state index in [-0.39, 0.29) is 44.9 Å². The van der Waals surface area contributed by atoms with Gasteiger partial charge in [-0.05, 0) is 18.1 Å². The number of aliphatic carboxylic acids is 3. The van der Waals surface area contributed by atoms with Gasteiger partial charge in [-0.25, -0.2) is 0 Å². The van der Waals surface area contributed by atoms with Gasteiger partial charge in [-0.3, -0.25) is 19.3 Å². The number of nitrogens with zero attached hydrogens (tertiary/aromatic N) is 1. The summed E-state index contributed by atoms with van der Waals surface area (Å²) in [5, 5.41) is 38.9. The van der Waals surface area contributed by atoms with E-state index in [9.17, 15) is 19.5 Å². The third-order valence-electron chi connectivity index (χ3n) is 3.41. The minimum atomic E-state index is -1.04. The first-order valence-corrected chi connectivity index (χ1v) is 7.67. The molecule has 0 aromatic heterocycles. The molecule has 0 fully saturated rings. The van der Waals surface area contributed by atoms with Gasteiger partial charge < -0.3 is 25.7 Å². The molecule has 0 radical (unpaired) electrons. The number of carboxylic acid groups (broad SMARTS) is 3. The Balaban J connectivity index is 2.73. The van der Waals surface area contributed by atoms with E-state index in [0.717, 1.165) is 5.56 Å². The van der Waals surface area contributed by atoms with Gasteiger partial charge in [0, 0.05) is 31.6 Å². The van der Waals surface area contributed by atoms with Crippen LogP contribution in [0, 0.1) is 0 Å². The molecule has 9 heteroatoms. The second-order valence-corrected chi connectivity index (χ2v) is 5.53. The second-order valence-electron chi connectivity index (χ2n) is 5.53. The Hall–Kier alpha value is -2.65. The van der Waals surface area contributed by atoms with E-state index in [4.69, 9.17) is 15.3 Å². The topological polar surface area (TPSA) is 147 Å². The van der Waals surface area contributed by atoms with Gasteiger partial charge in [0.25, 0.3) is 0 Å². The zero-order chi connectivity index (χ0) is 18.8. The van der Waals surface area contributed by atoms with Crippen LogP contribution in [0.15, 0.2) is 18.2 Å². The molecular formula is C16H22N2O7. The molecule has 5 N–H and O–H groups in total. The number of rotatable bonds is 12. The van der Waals surface area contributed by atoms with Gasteiger partial charge in [-0.2, -0.15) is 0 Å². The maximum Gasteiger partial charge on any atom is 0.317 e. The zero-order valence-corrected chi connectivity index (χ0v) is 13.6. The van der Waals surface area contributed by atoms with Crippen LogP contribution < -0.4 is 5.32 Å². The first kappa shape index (κ1) is 20.4. The summed E-state index contributed by atoms with van der Waals surface area (Å²) in [7, 11) is 0. The lowest BCUT2D eigenvalue weighted by Gasteiger charge is -2.21. The van der Waals surface area contributed by atoms with Crippen LogP contribution in [0.3, 0.4) is 0 Å². The van der Waals surface area contributed by atoms with Crippen molar-refractivity contribution in [1.29, 1.82) is 0 Å². The lowest BCUT2D eigenvalue weighted by molar-refractivity contribution is -0.139. The lowest BCUT2D eigenvalue weighted by atomic mass is 10.0. The number of phenolic OH excluding ortho intramolecular Hbond substituents is 1. The summed E-state index contributed by atoms with van der Waals surface area (Å²) in [4.78, 5) is 33.6. The van der Waals surface area contributed by atoms with Crippen molar-refractivity contribution in [3.63, 3.8) is 0 Å². The van der Waals surface area contributed by atoms with E-state index in [2.05, 4.69) is 5.32 Å². The molecule has 0 unspecified atom stereocenters. The highest BCUT2D eigenvalue weighted by Gasteiger charge is 2.13. The lowest BCUT2D eigenvalue weighted by Crippen LogP contribution is -2.36. The second kappa shape index (κ2) is 10.3. The Kier molecular flexibility index (Phi) is 8.37. The van der Waals surface area contributed by atoms with Gasteiger partial charge in [0.15, 0.2) is 0 Å². The number of nitrogens with one attached hydrogen (secondary N) is 1. The highest BCUT2D eigenvalue weighted by Crippen LogP contribution is 2.21. The molecule has 0 atom stereocenters. The minimum Gasteiger partial charge on any atom is -0.508 e. The molecule has 0 aliphatic heterocycles. The molecule has 138 valence electrons. The number of carboxylic acids is 3. The fourth-order valence-corrected chi connectivity index (χ4v) is 2.25. The summed E-state index contributed by atoms with van der Waals surface area (Å²) in [5.74, 6) is -2.98. The zero-order valence-electron chi connectivity index (χ0n) is 13.6. The molecule has 0 saturated heterocycles. The monoisotopic (exact) mass is 354 g/mol. The highest BCUT2D eigenvalue weighted by molar-refractivity contribution is 5.69. The maximum atomic E-state index is 11.0. The van der Waals surface area contributed by atoms with Gasteiger partial charge in [-0.15, -0.1) is 0 Å². The van der Waals surface area contributed by atoms with Crippen LogP contribution in [0.5, 0.6) is 5.75 Å². The third-order valence-corrected chi connectivity index (χ3v) is 3.41. The van der Waals surface area contributed by atoms with E-state index in [0.29, 0.717) is 12.0 Å². The summed E-state index contributed by atoms with van der Waals surface area (Å²) in [6.45, 7) is 0.204. The molecule has 1 rings (SSSR count).